The second-order valence-corrected chi connectivity index (χ2v) is 6.20. The van der Waals surface area contributed by atoms with Crippen LogP contribution in [0.1, 0.15) is 12.5 Å². The molecule has 29 heavy (non-hydrogen) atoms. The molecule has 0 unspecified atom stereocenters. The standard InChI is InChI=1S/C20H21F3N4O2/c1-3-28-13-12-24-19-25-18(15-6-4-14(2)5-7-15)26-27(19)16-8-10-17(11-9-16)29-20(21,22)23/h4-11H,3,12-13H2,1-2H3,(H,24,25,26). The van der Waals surface area contributed by atoms with Crippen LogP contribution >= 0.6 is 0 Å². The molecular weight excluding hydrogens is 385 g/mol. The average Bonchev–Trinajstić information content (AvgIpc) is 3.09. The first-order valence-corrected chi connectivity index (χ1v) is 9.07. The van der Waals surface area contributed by atoms with Crippen molar-refractivity contribution >= 4 is 5.95 Å². The van der Waals surface area contributed by atoms with Gasteiger partial charge in [0.05, 0.1) is 12.3 Å². The molecule has 0 aliphatic heterocycles. The first-order valence-electron chi connectivity index (χ1n) is 9.07. The molecule has 0 atom stereocenters. The fourth-order valence-electron chi connectivity index (χ4n) is 2.60. The Morgan fingerprint density at radius 1 is 1.03 bits per heavy atom. The van der Waals surface area contributed by atoms with Gasteiger partial charge in [-0.3, -0.25) is 0 Å². The molecule has 0 fully saturated rings. The summed E-state index contributed by atoms with van der Waals surface area (Å²) < 4.78 is 47.9. The summed E-state index contributed by atoms with van der Waals surface area (Å²) >= 11 is 0. The quantitative estimate of drug-likeness (QED) is 0.555. The van der Waals surface area contributed by atoms with Gasteiger partial charge in [-0.05, 0) is 38.1 Å². The zero-order valence-corrected chi connectivity index (χ0v) is 16.0. The number of nitrogens with one attached hydrogen (secondary N) is 1. The van der Waals surface area contributed by atoms with Gasteiger partial charge in [-0.15, -0.1) is 18.3 Å². The molecule has 0 spiro atoms. The summed E-state index contributed by atoms with van der Waals surface area (Å²) in [6.45, 7) is 5.49. The van der Waals surface area contributed by atoms with Crippen molar-refractivity contribution in [3.8, 4) is 22.8 Å². The van der Waals surface area contributed by atoms with Crippen LogP contribution in [0.3, 0.4) is 0 Å². The minimum Gasteiger partial charge on any atom is -0.406 e. The third-order valence-corrected chi connectivity index (χ3v) is 3.97. The maximum atomic E-state index is 12.4. The number of hydrogen-bond acceptors (Lipinski definition) is 5. The fraction of sp³-hybridized carbons (Fsp3) is 0.300. The molecule has 0 saturated carbocycles. The monoisotopic (exact) mass is 406 g/mol. The zero-order valence-electron chi connectivity index (χ0n) is 16.0. The van der Waals surface area contributed by atoms with Crippen LogP contribution in [0.25, 0.3) is 17.1 Å². The van der Waals surface area contributed by atoms with Crippen molar-refractivity contribution in [1.29, 1.82) is 0 Å². The van der Waals surface area contributed by atoms with E-state index in [0.29, 0.717) is 37.2 Å². The lowest BCUT2D eigenvalue weighted by atomic mass is 10.1. The summed E-state index contributed by atoms with van der Waals surface area (Å²) in [6.07, 6.45) is -4.74. The van der Waals surface area contributed by atoms with Gasteiger partial charge in [-0.2, -0.15) is 9.67 Å². The van der Waals surface area contributed by atoms with Crippen LogP contribution in [0.2, 0.25) is 0 Å². The summed E-state index contributed by atoms with van der Waals surface area (Å²) in [5, 5.41) is 7.68. The van der Waals surface area contributed by atoms with E-state index >= 15 is 0 Å². The molecule has 0 radical (unpaired) electrons. The van der Waals surface area contributed by atoms with Crippen LogP contribution in [0.15, 0.2) is 48.5 Å². The van der Waals surface area contributed by atoms with Gasteiger partial charge in [0.15, 0.2) is 5.82 Å². The summed E-state index contributed by atoms with van der Waals surface area (Å²) in [5.41, 5.74) is 2.49. The van der Waals surface area contributed by atoms with Crippen LogP contribution in [0, 0.1) is 6.92 Å². The lowest BCUT2D eigenvalue weighted by Crippen LogP contribution is -2.17. The SMILES string of the molecule is CCOCCNc1nc(-c2ccc(C)cc2)nn1-c1ccc(OC(F)(F)F)cc1. The molecule has 0 aliphatic rings. The number of hydrogen-bond donors (Lipinski definition) is 1. The van der Waals surface area contributed by atoms with Crippen molar-refractivity contribution in [2.24, 2.45) is 0 Å². The number of aryl methyl sites for hydroxylation is 1. The maximum Gasteiger partial charge on any atom is 0.573 e. The number of ether oxygens (including phenoxy) is 2. The molecule has 0 amide bonds. The Hall–Kier alpha value is -3.07. The Balaban J connectivity index is 1.89. The highest BCUT2D eigenvalue weighted by molar-refractivity contribution is 5.58. The van der Waals surface area contributed by atoms with E-state index < -0.39 is 6.36 Å². The molecule has 154 valence electrons. The van der Waals surface area contributed by atoms with Gasteiger partial charge in [-0.25, -0.2) is 0 Å². The van der Waals surface area contributed by atoms with E-state index in [1.54, 1.807) is 4.68 Å². The van der Waals surface area contributed by atoms with Crippen LogP contribution in [0.4, 0.5) is 19.1 Å². The Labute approximate surface area is 166 Å². The highest BCUT2D eigenvalue weighted by Gasteiger charge is 2.31. The van der Waals surface area contributed by atoms with E-state index in [1.165, 1.54) is 24.3 Å². The molecule has 6 nitrogen and oxygen atoms in total. The van der Waals surface area contributed by atoms with Crippen LogP contribution < -0.4 is 10.1 Å². The highest BCUT2D eigenvalue weighted by Crippen LogP contribution is 2.26. The predicted octanol–water partition coefficient (Wildman–Crippen LogP) is 4.59. The lowest BCUT2D eigenvalue weighted by Gasteiger charge is -2.11. The minimum atomic E-state index is -4.74. The molecule has 0 saturated heterocycles. The Morgan fingerprint density at radius 3 is 2.34 bits per heavy atom. The van der Waals surface area contributed by atoms with Gasteiger partial charge in [-0.1, -0.05) is 29.8 Å². The molecule has 1 heterocycles. The number of anilines is 1. The Morgan fingerprint density at radius 2 is 1.72 bits per heavy atom. The van der Waals surface area contributed by atoms with Crippen molar-refractivity contribution in [3.05, 3.63) is 54.1 Å². The van der Waals surface area contributed by atoms with Crippen molar-refractivity contribution in [2.45, 2.75) is 20.2 Å². The van der Waals surface area contributed by atoms with E-state index in [-0.39, 0.29) is 5.75 Å². The summed E-state index contributed by atoms with van der Waals surface area (Å²) in [7, 11) is 0. The summed E-state index contributed by atoms with van der Waals surface area (Å²) in [5.74, 6) is 0.662. The zero-order chi connectivity index (χ0) is 20.9. The van der Waals surface area contributed by atoms with Crippen molar-refractivity contribution in [3.63, 3.8) is 0 Å². The topological polar surface area (TPSA) is 61.2 Å². The van der Waals surface area contributed by atoms with E-state index in [1.807, 2.05) is 38.1 Å². The number of benzene rings is 2. The lowest BCUT2D eigenvalue weighted by molar-refractivity contribution is -0.274. The minimum absolute atomic E-state index is 0.300. The van der Waals surface area contributed by atoms with Gasteiger partial charge in [0.2, 0.25) is 5.95 Å². The van der Waals surface area contributed by atoms with E-state index in [9.17, 15) is 13.2 Å². The van der Waals surface area contributed by atoms with Gasteiger partial charge < -0.3 is 14.8 Å². The normalized spacial score (nSPS) is 11.5. The van der Waals surface area contributed by atoms with Crippen LogP contribution in [-0.4, -0.2) is 40.9 Å². The third kappa shape index (κ3) is 5.71. The maximum absolute atomic E-state index is 12.4. The molecule has 0 bridgehead atoms. The number of aromatic nitrogens is 3. The van der Waals surface area contributed by atoms with E-state index in [4.69, 9.17) is 4.74 Å². The second-order valence-electron chi connectivity index (χ2n) is 6.20. The number of rotatable bonds is 8. The van der Waals surface area contributed by atoms with Crippen LogP contribution in [-0.2, 0) is 4.74 Å². The second kappa shape index (κ2) is 8.95. The van der Waals surface area contributed by atoms with Gasteiger partial charge in [0.25, 0.3) is 0 Å². The third-order valence-electron chi connectivity index (χ3n) is 3.97. The largest absolute Gasteiger partial charge is 0.573 e. The van der Waals surface area contributed by atoms with E-state index in [2.05, 4.69) is 20.1 Å². The number of nitrogens with zero attached hydrogens (tertiary/aromatic N) is 3. The van der Waals surface area contributed by atoms with Gasteiger partial charge in [0, 0.05) is 18.7 Å². The smallest absolute Gasteiger partial charge is 0.406 e. The van der Waals surface area contributed by atoms with Crippen molar-refractivity contribution in [2.75, 3.05) is 25.1 Å². The van der Waals surface area contributed by atoms with Gasteiger partial charge >= 0.3 is 6.36 Å². The van der Waals surface area contributed by atoms with E-state index in [0.717, 1.165) is 11.1 Å². The molecule has 1 N–H and O–H groups in total. The summed E-state index contributed by atoms with van der Waals surface area (Å²) in [6, 6.07) is 13.2. The predicted molar refractivity (Wildman–Crippen MR) is 103 cm³/mol. The number of halogens is 3. The van der Waals surface area contributed by atoms with Crippen LogP contribution in [0.5, 0.6) is 5.75 Å². The molecule has 2 aromatic carbocycles. The average molecular weight is 406 g/mol. The van der Waals surface area contributed by atoms with Crippen molar-refractivity contribution < 1.29 is 22.6 Å². The molecule has 3 rings (SSSR count). The molecule has 9 heteroatoms. The Kier molecular flexibility index (Phi) is 6.38. The molecule has 3 aromatic rings. The molecule has 1 aromatic heterocycles. The fourth-order valence-corrected chi connectivity index (χ4v) is 2.60. The molecular formula is C20H21F3N4O2. The van der Waals surface area contributed by atoms with Gasteiger partial charge in [0.1, 0.15) is 5.75 Å². The molecule has 0 aliphatic carbocycles. The number of alkyl halides is 3. The first-order chi connectivity index (χ1) is 13.9. The summed E-state index contributed by atoms with van der Waals surface area (Å²) in [4.78, 5) is 4.54. The first kappa shape index (κ1) is 20.7. The Bertz CT molecular complexity index is 922. The van der Waals surface area contributed by atoms with Crippen molar-refractivity contribution in [1.82, 2.24) is 14.8 Å². The highest BCUT2D eigenvalue weighted by atomic mass is 19.4.